The van der Waals surface area contributed by atoms with Crippen molar-refractivity contribution in [3.63, 3.8) is 0 Å². The Morgan fingerprint density at radius 1 is 1.18 bits per heavy atom. The maximum Gasteiger partial charge on any atom is 0.305 e. The van der Waals surface area contributed by atoms with Gasteiger partial charge in [0.1, 0.15) is 0 Å². The summed E-state index contributed by atoms with van der Waals surface area (Å²) >= 11 is 0. The lowest BCUT2D eigenvalue weighted by Gasteiger charge is -2.35. The van der Waals surface area contributed by atoms with Crippen LogP contribution < -0.4 is 0 Å². The molecule has 164 valence electrons. The van der Waals surface area contributed by atoms with Crippen LogP contribution in [0.15, 0.2) is 12.2 Å². The molecular formula is C22H41NO5. The van der Waals surface area contributed by atoms with E-state index in [1.165, 1.54) is 20.0 Å². The van der Waals surface area contributed by atoms with Crippen LogP contribution in [0.3, 0.4) is 0 Å². The molecule has 1 aliphatic heterocycles. The van der Waals surface area contributed by atoms with Crippen molar-refractivity contribution in [2.45, 2.75) is 89.1 Å². The molecule has 6 heteroatoms. The summed E-state index contributed by atoms with van der Waals surface area (Å²) in [5.41, 5.74) is 0. The first-order chi connectivity index (χ1) is 13.5. The number of hydrogen-bond acceptors (Lipinski definition) is 6. The molecule has 0 saturated carbocycles. The van der Waals surface area contributed by atoms with Crippen LogP contribution in [-0.2, 0) is 19.0 Å². The molecule has 1 heterocycles. The number of allylic oxidation sites excluding steroid dienone is 1. The number of aliphatic hydroxyl groups is 1. The number of hydrogen-bond donors (Lipinski definition) is 1. The number of likely N-dealkylation sites (tertiary alicyclic amines) is 1. The summed E-state index contributed by atoms with van der Waals surface area (Å²) in [5, 5.41) is 10.3. The first kappa shape index (κ1) is 25.1. The largest absolute Gasteiger partial charge is 0.469 e. The van der Waals surface area contributed by atoms with Gasteiger partial charge in [0.15, 0.2) is 5.79 Å². The molecule has 0 aliphatic carbocycles. The molecule has 1 aliphatic rings. The second-order valence-electron chi connectivity index (χ2n) is 7.64. The zero-order valence-electron chi connectivity index (χ0n) is 18.3. The molecule has 1 fully saturated rings. The predicted octanol–water partition coefficient (Wildman–Crippen LogP) is 3.67. The van der Waals surface area contributed by atoms with Crippen LogP contribution in [0.25, 0.3) is 0 Å². The number of carbonyl (C=O) groups is 1. The number of ether oxygens (including phenoxy) is 3. The number of aliphatic hydroxyl groups excluding tert-OH is 1. The Hall–Kier alpha value is -0.950. The summed E-state index contributed by atoms with van der Waals surface area (Å²) in [6.45, 7) is 3.94. The third-order valence-corrected chi connectivity index (χ3v) is 5.78. The van der Waals surface area contributed by atoms with Gasteiger partial charge in [-0.3, -0.25) is 9.69 Å². The molecule has 1 N–H and O–H groups in total. The van der Waals surface area contributed by atoms with Crippen molar-refractivity contribution in [3.05, 3.63) is 12.2 Å². The van der Waals surface area contributed by atoms with E-state index in [9.17, 15) is 9.90 Å². The molecule has 0 amide bonds. The molecule has 0 aromatic carbocycles. The second kappa shape index (κ2) is 14.1. The highest BCUT2D eigenvalue weighted by Gasteiger charge is 2.47. The van der Waals surface area contributed by atoms with Crippen LogP contribution in [-0.4, -0.2) is 68.3 Å². The fraction of sp³-hybridized carbons (Fsp3) is 0.864. The van der Waals surface area contributed by atoms with E-state index in [1.54, 1.807) is 14.2 Å². The molecule has 6 nitrogen and oxygen atoms in total. The smallest absolute Gasteiger partial charge is 0.305 e. The van der Waals surface area contributed by atoms with E-state index in [2.05, 4.69) is 28.7 Å². The monoisotopic (exact) mass is 399 g/mol. The number of unbranched alkanes of at least 4 members (excludes halogenated alkanes) is 3. The van der Waals surface area contributed by atoms with Crippen LogP contribution in [0.2, 0.25) is 0 Å². The van der Waals surface area contributed by atoms with Gasteiger partial charge in [-0.2, -0.15) is 0 Å². The Morgan fingerprint density at radius 2 is 1.93 bits per heavy atom. The van der Waals surface area contributed by atoms with Gasteiger partial charge in [0, 0.05) is 40.2 Å². The van der Waals surface area contributed by atoms with Gasteiger partial charge in [0.05, 0.1) is 19.3 Å². The van der Waals surface area contributed by atoms with Crippen molar-refractivity contribution in [2.75, 3.05) is 34.4 Å². The van der Waals surface area contributed by atoms with E-state index in [1.807, 2.05) is 0 Å². The third-order valence-electron chi connectivity index (χ3n) is 5.78. The molecule has 0 spiro atoms. The number of carbonyl (C=O) groups excluding carboxylic acids is 1. The molecular weight excluding hydrogens is 358 g/mol. The van der Waals surface area contributed by atoms with Crippen molar-refractivity contribution >= 4 is 5.97 Å². The molecule has 0 bridgehead atoms. The summed E-state index contributed by atoms with van der Waals surface area (Å²) in [6, 6.07) is 0.127. The molecule has 1 unspecified atom stereocenters. The van der Waals surface area contributed by atoms with Crippen LogP contribution in [0, 0.1) is 0 Å². The molecule has 1 rings (SSSR count). The standard InChI is InChI=1S/C22H41NO5/c1-5-6-9-12-19(24)15-17-23-18-16-22(27-3,28-4)20(23)13-10-7-8-11-14-21(25)26-2/h7,10,19-20,24H,5-6,8-9,11-18H2,1-4H3/b10-7-/t19?,20-/m0/s1. The highest BCUT2D eigenvalue weighted by atomic mass is 16.7. The van der Waals surface area contributed by atoms with Gasteiger partial charge in [-0.1, -0.05) is 38.3 Å². The van der Waals surface area contributed by atoms with E-state index in [0.717, 1.165) is 58.0 Å². The van der Waals surface area contributed by atoms with Gasteiger partial charge in [-0.25, -0.2) is 0 Å². The Labute approximate surface area is 171 Å². The van der Waals surface area contributed by atoms with Gasteiger partial charge in [0.25, 0.3) is 0 Å². The average Bonchev–Trinajstić information content (AvgIpc) is 3.06. The van der Waals surface area contributed by atoms with Gasteiger partial charge in [-0.15, -0.1) is 0 Å². The van der Waals surface area contributed by atoms with Crippen LogP contribution in [0.1, 0.15) is 71.1 Å². The summed E-state index contributed by atoms with van der Waals surface area (Å²) in [4.78, 5) is 13.5. The second-order valence-corrected chi connectivity index (χ2v) is 7.64. The van der Waals surface area contributed by atoms with Crippen LogP contribution in [0.5, 0.6) is 0 Å². The first-order valence-corrected chi connectivity index (χ1v) is 10.8. The highest BCUT2D eigenvalue weighted by Crippen LogP contribution is 2.35. The Balaban J connectivity index is 2.52. The van der Waals surface area contributed by atoms with Crippen LogP contribution >= 0.6 is 0 Å². The lowest BCUT2D eigenvalue weighted by atomic mass is 10.0. The Morgan fingerprint density at radius 3 is 2.57 bits per heavy atom. The summed E-state index contributed by atoms with van der Waals surface area (Å²) in [6.07, 6.45) is 12.9. The SMILES string of the molecule is CCCCCC(O)CCN1CCC(OC)(OC)[C@@H]1C/C=C\CCCC(=O)OC. The minimum Gasteiger partial charge on any atom is -0.469 e. The summed E-state index contributed by atoms with van der Waals surface area (Å²) in [5.74, 6) is -0.755. The van der Waals surface area contributed by atoms with Gasteiger partial charge >= 0.3 is 5.97 Å². The van der Waals surface area contributed by atoms with E-state index >= 15 is 0 Å². The lowest BCUT2D eigenvalue weighted by molar-refractivity contribution is -0.218. The van der Waals surface area contributed by atoms with E-state index in [-0.39, 0.29) is 18.1 Å². The predicted molar refractivity (Wildman–Crippen MR) is 111 cm³/mol. The fourth-order valence-corrected chi connectivity index (χ4v) is 3.95. The molecule has 0 aromatic rings. The zero-order chi connectivity index (χ0) is 20.8. The normalized spacial score (nSPS) is 20.7. The van der Waals surface area contributed by atoms with Crippen LogP contribution in [0.4, 0.5) is 0 Å². The van der Waals surface area contributed by atoms with Crippen molar-refractivity contribution in [2.24, 2.45) is 0 Å². The number of esters is 1. The van der Waals surface area contributed by atoms with Gasteiger partial charge < -0.3 is 19.3 Å². The summed E-state index contributed by atoms with van der Waals surface area (Å²) in [7, 11) is 4.84. The Kier molecular flexibility index (Phi) is 12.6. The first-order valence-electron chi connectivity index (χ1n) is 10.8. The average molecular weight is 400 g/mol. The number of nitrogens with zero attached hydrogens (tertiary/aromatic N) is 1. The van der Waals surface area contributed by atoms with Gasteiger partial charge in [0.2, 0.25) is 0 Å². The molecule has 28 heavy (non-hydrogen) atoms. The highest BCUT2D eigenvalue weighted by molar-refractivity contribution is 5.69. The number of methoxy groups -OCH3 is 3. The minimum absolute atomic E-state index is 0.127. The minimum atomic E-state index is -0.594. The van der Waals surface area contributed by atoms with Crippen molar-refractivity contribution in [1.29, 1.82) is 0 Å². The zero-order valence-corrected chi connectivity index (χ0v) is 18.3. The molecule has 1 saturated heterocycles. The van der Waals surface area contributed by atoms with E-state index in [0.29, 0.717) is 6.42 Å². The molecule has 0 aromatic heterocycles. The fourth-order valence-electron chi connectivity index (χ4n) is 3.95. The molecule has 0 radical (unpaired) electrons. The number of rotatable bonds is 15. The van der Waals surface area contributed by atoms with Gasteiger partial charge in [-0.05, 0) is 32.1 Å². The topological polar surface area (TPSA) is 68.2 Å². The molecule has 2 atom stereocenters. The van der Waals surface area contributed by atoms with Crippen molar-refractivity contribution in [1.82, 2.24) is 4.90 Å². The lowest BCUT2D eigenvalue weighted by Crippen LogP contribution is -2.47. The maximum atomic E-state index is 11.2. The Bertz CT molecular complexity index is 450. The maximum absolute atomic E-state index is 11.2. The van der Waals surface area contributed by atoms with E-state index in [4.69, 9.17) is 9.47 Å². The third kappa shape index (κ3) is 8.19. The van der Waals surface area contributed by atoms with Crippen molar-refractivity contribution < 1.29 is 24.1 Å². The quantitative estimate of drug-likeness (QED) is 0.196. The van der Waals surface area contributed by atoms with Crippen molar-refractivity contribution in [3.8, 4) is 0 Å². The summed E-state index contributed by atoms with van der Waals surface area (Å²) < 4.78 is 16.2. The van der Waals surface area contributed by atoms with E-state index < -0.39 is 5.79 Å².